The van der Waals surface area contributed by atoms with E-state index >= 15 is 0 Å². The highest BCUT2D eigenvalue weighted by molar-refractivity contribution is 8.00. The fourth-order valence-electron chi connectivity index (χ4n) is 3.68. The predicted molar refractivity (Wildman–Crippen MR) is 123 cm³/mol. The number of nitrogens with zero attached hydrogens (tertiary/aromatic N) is 3. The summed E-state index contributed by atoms with van der Waals surface area (Å²) in [4.78, 5) is 15.7. The van der Waals surface area contributed by atoms with Gasteiger partial charge in [-0.1, -0.05) is 59.8 Å². The summed E-state index contributed by atoms with van der Waals surface area (Å²) in [7, 11) is 0. The molecule has 0 unspecified atom stereocenters. The van der Waals surface area contributed by atoms with Gasteiger partial charge < -0.3 is 9.32 Å². The van der Waals surface area contributed by atoms with Crippen LogP contribution in [0, 0.1) is 0 Å². The fraction of sp³-hybridized carbons (Fsp3) is 0.227. The van der Waals surface area contributed by atoms with Gasteiger partial charge in [0.1, 0.15) is 4.88 Å². The van der Waals surface area contributed by atoms with Gasteiger partial charge in [-0.2, -0.15) is 0 Å². The summed E-state index contributed by atoms with van der Waals surface area (Å²) < 4.78 is 6.92. The number of fused-ring (bicyclic) bond motifs is 2. The molecule has 152 valence electrons. The predicted octanol–water partition coefficient (Wildman–Crippen LogP) is 6.06. The topological polar surface area (TPSA) is 59.2 Å². The number of amides is 1. The summed E-state index contributed by atoms with van der Waals surface area (Å²) in [5, 5.41) is 9.91. The Morgan fingerprint density at radius 2 is 2.00 bits per heavy atom. The first-order chi connectivity index (χ1) is 14.6. The largest absolute Gasteiger partial charge is 0.410 e. The Morgan fingerprint density at radius 1 is 1.20 bits per heavy atom. The van der Waals surface area contributed by atoms with Crippen LogP contribution in [0.25, 0.3) is 20.9 Å². The Balaban J connectivity index is 1.35. The molecule has 0 N–H and O–H groups in total. The number of hydrogen-bond donors (Lipinski definition) is 0. The third-order valence-electron chi connectivity index (χ3n) is 5.14. The monoisotopic (exact) mass is 455 g/mol. The number of carbonyl (C=O) groups excluding carboxylic acids is 1. The molecule has 4 aromatic rings. The second-order valence-electron chi connectivity index (χ2n) is 7.10. The van der Waals surface area contributed by atoms with Crippen LogP contribution in [0.1, 0.15) is 18.9 Å². The number of aromatic nitrogens is 2. The lowest BCUT2D eigenvalue weighted by atomic mass is 10.0. The van der Waals surface area contributed by atoms with Crippen molar-refractivity contribution in [3.05, 3.63) is 59.1 Å². The van der Waals surface area contributed by atoms with E-state index < -0.39 is 0 Å². The van der Waals surface area contributed by atoms with Crippen molar-refractivity contribution in [2.24, 2.45) is 0 Å². The quantitative estimate of drug-likeness (QED) is 0.350. The van der Waals surface area contributed by atoms with E-state index in [2.05, 4.69) is 16.3 Å². The minimum absolute atomic E-state index is 0.0480. The third kappa shape index (κ3) is 3.51. The molecule has 0 bridgehead atoms. The number of aryl methyl sites for hydroxylation is 1. The van der Waals surface area contributed by atoms with E-state index in [9.17, 15) is 4.79 Å². The zero-order valence-electron chi connectivity index (χ0n) is 16.2. The Labute approximate surface area is 187 Å². The van der Waals surface area contributed by atoms with Gasteiger partial charge in [0, 0.05) is 22.3 Å². The maximum atomic E-state index is 13.1. The van der Waals surface area contributed by atoms with Crippen LogP contribution in [-0.4, -0.2) is 27.9 Å². The molecular weight excluding hydrogens is 438 g/mol. The Hall–Kier alpha value is -2.35. The normalized spacial score (nSPS) is 14.7. The van der Waals surface area contributed by atoms with Crippen LogP contribution in [0.2, 0.25) is 5.02 Å². The average molecular weight is 456 g/mol. The van der Waals surface area contributed by atoms with Gasteiger partial charge in [-0.05, 0) is 37.5 Å². The molecule has 2 aromatic heterocycles. The molecular formula is C22H18ClN3O2S2. The molecule has 0 saturated heterocycles. The lowest BCUT2D eigenvalue weighted by molar-refractivity contribution is -0.117. The lowest BCUT2D eigenvalue weighted by Gasteiger charge is -2.31. The van der Waals surface area contributed by atoms with E-state index in [-0.39, 0.29) is 11.2 Å². The number of hydrogen-bond acceptors (Lipinski definition) is 6. The van der Waals surface area contributed by atoms with Crippen LogP contribution >= 0.6 is 34.7 Å². The maximum absolute atomic E-state index is 13.1. The summed E-state index contributed by atoms with van der Waals surface area (Å²) in [6.45, 7) is 2.60. The van der Waals surface area contributed by atoms with Gasteiger partial charge in [0.25, 0.3) is 11.1 Å². The number of benzene rings is 2. The second-order valence-corrected chi connectivity index (χ2v) is 9.82. The summed E-state index contributed by atoms with van der Waals surface area (Å²) in [6, 6.07) is 16.0. The third-order valence-corrected chi connectivity index (χ3v) is 7.72. The molecule has 3 heterocycles. The van der Waals surface area contributed by atoms with Crippen LogP contribution in [0.4, 0.5) is 5.69 Å². The SMILES string of the molecule is C[C@H](Sc1nnc(-c2sc3ccccc3c2Cl)o1)C(=O)N1CCCc2ccccc21. The molecule has 5 rings (SSSR count). The Kier molecular flexibility index (Phi) is 5.26. The van der Waals surface area contributed by atoms with Crippen molar-refractivity contribution in [3.8, 4) is 10.8 Å². The van der Waals surface area contributed by atoms with E-state index in [1.165, 1.54) is 28.7 Å². The lowest BCUT2D eigenvalue weighted by Crippen LogP contribution is -2.40. The Bertz CT molecular complexity index is 1240. The van der Waals surface area contributed by atoms with Crippen LogP contribution < -0.4 is 4.90 Å². The zero-order chi connectivity index (χ0) is 20.7. The van der Waals surface area contributed by atoms with Crippen molar-refractivity contribution in [1.29, 1.82) is 0 Å². The van der Waals surface area contributed by atoms with Crippen molar-refractivity contribution in [2.45, 2.75) is 30.2 Å². The smallest absolute Gasteiger partial charge is 0.277 e. The van der Waals surface area contributed by atoms with Gasteiger partial charge in [-0.3, -0.25) is 4.79 Å². The molecule has 5 nitrogen and oxygen atoms in total. The van der Waals surface area contributed by atoms with Crippen LogP contribution in [-0.2, 0) is 11.2 Å². The first kappa shape index (κ1) is 19.6. The van der Waals surface area contributed by atoms with Crippen molar-refractivity contribution < 1.29 is 9.21 Å². The van der Waals surface area contributed by atoms with Gasteiger partial charge in [0.05, 0.1) is 10.3 Å². The number of thiophene rings is 1. The molecule has 8 heteroatoms. The second kappa shape index (κ2) is 8.06. The van der Waals surface area contributed by atoms with Crippen LogP contribution in [0.3, 0.4) is 0 Å². The summed E-state index contributed by atoms with van der Waals surface area (Å²) in [5.41, 5.74) is 2.22. The number of rotatable bonds is 4. The first-order valence-electron chi connectivity index (χ1n) is 9.68. The van der Waals surface area contributed by atoms with E-state index in [0.29, 0.717) is 16.1 Å². The molecule has 2 aromatic carbocycles. The molecule has 1 aliphatic heterocycles. The van der Waals surface area contributed by atoms with E-state index in [0.717, 1.165) is 40.0 Å². The standard InChI is InChI=1S/C22H18ClN3O2S2/c1-13(21(27)26-12-6-8-14-7-2-4-10-16(14)26)29-22-25-24-20(28-22)19-18(23)15-9-3-5-11-17(15)30-19/h2-5,7,9-11,13H,6,8,12H2,1H3/t13-/m0/s1. The molecule has 0 fully saturated rings. The average Bonchev–Trinajstić information content (AvgIpc) is 3.37. The highest BCUT2D eigenvalue weighted by atomic mass is 35.5. The van der Waals surface area contributed by atoms with Gasteiger partial charge in [0.15, 0.2) is 0 Å². The number of halogens is 1. The number of carbonyl (C=O) groups is 1. The first-order valence-corrected chi connectivity index (χ1v) is 11.8. The van der Waals surface area contributed by atoms with E-state index in [1.54, 1.807) is 0 Å². The van der Waals surface area contributed by atoms with Gasteiger partial charge >= 0.3 is 0 Å². The van der Waals surface area contributed by atoms with E-state index in [4.69, 9.17) is 16.0 Å². The molecule has 30 heavy (non-hydrogen) atoms. The van der Waals surface area contributed by atoms with Crippen LogP contribution in [0.15, 0.2) is 58.2 Å². The molecule has 1 amide bonds. The summed E-state index contributed by atoms with van der Waals surface area (Å²) in [6.07, 6.45) is 1.97. The van der Waals surface area contributed by atoms with Gasteiger partial charge in [-0.25, -0.2) is 0 Å². The highest BCUT2D eigenvalue weighted by Crippen LogP contribution is 2.42. The van der Waals surface area contributed by atoms with Gasteiger partial charge in [0.2, 0.25) is 5.91 Å². The fourth-order valence-corrected chi connectivity index (χ4v) is 5.86. The van der Waals surface area contributed by atoms with Gasteiger partial charge in [-0.15, -0.1) is 21.5 Å². The van der Waals surface area contributed by atoms with Crippen LogP contribution in [0.5, 0.6) is 0 Å². The van der Waals surface area contributed by atoms with Crippen molar-refractivity contribution >= 4 is 56.4 Å². The van der Waals surface area contributed by atoms with Crippen molar-refractivity contribution in [2.75, 3.05) is 11.4 Å². The minimum Gasteiger partial charge on any atom is -0.410 e. The van der Waals surface area contributed by atoms with Crippen molar-refractivity contribution in [3.63, 3.8) is 0 Å². The molecule has 0 aliphatic carbocycles. The summed E-state index contributed by atoms with van der Waals surface area (Å²) in [5.74, 6) is 0.429. The molecule has 1 atom stereocenters. The highest BCUT2D eigenvalue weighted by Gasteiger charge is 2.28. The Morgan fingerprint density at radius 3 is 2.87 bits per heavy atom. The minimum atomic E-state index is -0.345. The molecule has 0 spiro atoms. The molecule has 0 radical (unpaired) electrons. The van der Waals surface area contributed by atoms with Crippen molar-refractivity contribution in [1.82, 2.24) is 10.2 Å². The molecule has 1 aliphatic rings. The number of para-hydroxylation sites is 1. The number of thioether (sulfide) groups is 1. The summed E-state index contributed by atoms with van der Waals surface area (Å²) >= 11 is 9.32. The maximum Gasteiger partial charge on any atom is 0.277 e. The molecule has 0 saturated carbocycles. The number of anilines is 1. The zero-order valence-corrected chi connectivity index (χ0v) is 18.6. The van der Waals surface area contributed by atoms with E-state index in [1.807, 2.05) is 54.3 Å².